The van der Waals surface area contributed by atoms with Crippen LogP contribution in [0.4, 0.5) is 0 Å². The van der Waals surface area contributed by atoms with Crippen LogP contribution in [-0.2, 0) is 11.2 Å². The largest absolute Gasteiger partial charge is 0.497 e. The van der Waals surface area contributed by atoms with Crippen LogP contribution in [0.25, 0.3) is 5.57 Å². The predicted molar refractivity (Wildman–Crippen MR) is 142 cm³/mol. The summed E-state index contributed by atoms with van der Waals surface area (Å²) < 4.78 is 10.6. The second-order valence-electron chi connectivity index (χ2n) is 8.26. The van der Waals surface area contributed by atoms with Crippen molar-refractivity contribution in [2.45, 2.75) is 38.6 Å². The number of benzene rings is 2. The number of methoxy groups -OCH3 is 2. The van der Waals surface area contributed by atoms with Gasteiger partial charge in [-0.15, -0.1) is 0 Å². The van der Waals surface area contributed by atoms with Gasteiger partial charge in [0.25, 0.3) is 0 Å². The topological polar surface area (TPSA) is 60.5 Å². The molecule has 3 rings (SSSR count). The third-order valence-corrected chi connectivity index (χ3v) is 5.89. The first-order valence-corrected chi connectivity index (χ1v) is 12.0. The van der Waals surface area contributed by atoms with E-state index < -0.39 is 0 Å². The Morgan fingerprint density at radius 2 is 1.60 bits per heavy atom. The number of nitrogens with zero attached hydrogens (tertiary/aromatic N) is 1. The highest BCUT2D eigenvalue weighted by Crippen LogP contribution is 2.27. The van der Waals surface area contributed by atoms with E-state index in [1.54, 1.807) is 26.5 Å². The van der Waals surface area contributed by atoms with Gasteiger partial charge in [-0.05, 0) is 78.3 Å². The number of pyridine rings is 1. The Morgan fingerprint density at radius 3 is 2.11 bits per heavy atom. The number of rotatable bonds is 12. The predicted octanol–water partition coefficient (Wildman–Crippen LogP) is 6.00. The van der Waals surface area contributed by atoms with Crippen molar-refractivity contribution in [3.63, 3.8) is 0 Å². The van der Waals surface area contributed by atoms with Gasteiger partial charge in [-0.2, -0.15) is 0 Å². The molecule has 0 fully saturated rings. The first kappa shape index (κ1) is 25.8. The number of allylic oxidation sites excluding steroid dienone is 2. The maximum absolute atomic E-state index is 12.6. The lowest BCUT2D eigenvalue weighted by Gasteiger charge is -2.15. The van der Waals surface area contributed by atoms with Crippen molar-refractivity contribution < 1.29 is 14.3 Å². The zero-order valence-electron chi connectivity index (χ0n) is 20.7. The third-order valence-electron chi connectivity index (χ3n) is 5.89. The van der Waals surface area contributed by atoms with E-state index in [-0.39, 0.29) is 11.9 Å². The van der Waals surface area contributed by atoms with Crippen LogP contribution in [0.5, 0.6) is 11.5 Å². The van der Waals surface area contributed by atoms with Gasteiger partial charge >= 0.3 is 0 Å². The number of carbonyl (C=O) groups is 1. The number of carbonyl (C=O) groups excluding carboxylic acids is 1. The van der Waals surface area contributed by atoms with E-state index in [0.29, 0.717) is 0 Å². The molecule has 35 heavy (non-hydrogen) atoms. The molecule has 1 aromatic heterocycles. The second-order valence-corrected chi connectivity index (χ2v) is 8.26. The van der Waals surface area contributed by atoms with Crippen LogP contribution in [0.1, 0.15) is 42.9 Å². The summed E-state index contributed by atoms with van der Waals surface area (Å²) >= 11 is 0. The maximum atomic E-state index is 12.6. The molecule has 0 unspecified atom stereocenters. The highest BCUT2D eigenvalue weighted by molar-refractivity contribution is 5.89. The summed E-state index contributed by atoms with van der Waals surface area (Å²) in [7, 11) is 3.30. The fourth-order valence-corrected chi connectivity index (χ4v) is 3.86. The number of amides is 1. The molecule has 5 nitrogen and oxygen atoms in total. The molecule has 0 spiro atoms. The standard InChI is InChI=1S/C30H34N2O3/c1-4-26(10-5-8-23-9-7-21-31-22-23)32-30(33)12-6-11-29(24-13-17-27(34-2)18-14-24)25-15-19-28(35-3)20-16-25/h6-7,9,11-22,26H,4-5,8,10H2,1-3H3,(H,32,33)/t26-/m0/s1. The minimum Gasteiger partial charge on any atom is -0.497 e. The van der Waals surface area contributed by atoms with E-state index >= 15 is 0 Å². The van der Waals surface area contributed by atoms with Gasteiger partial charge in [0.05, 0.1) is 14.2 Å². The summed E-state index contributed by atoms with van der Waals surface area (Å²) in [6.07, 6.45) is 12.9. The lowest BCUT2D eigenvalue weighted by Crippen LogP contribution is -2.33. The molecule has 1 amide bonds. The molecule has 0 bridgehead atoms. The summed E-state index contributed by atoms with van der Waals surface area (Å²) in [5, 5.41) is 3.13. The summed E-state index contributed by atoms with van der Waals surface area (Å²) in [4.78, 5) is 16.8. The number of hydrogen-bond donors (Lipinski definition) is 1. The van der Waals surface area contributed by atoms with Crippen LogP contribution in [0, 0.1) is 0 Å². The molecule has 1 heterocycles. The van der Waals surface area contributed by atoms with E-state index in [1.807, 2.05) is 72.9 Å². The van der Waals surface area contributed by atoms with Crippen molar-refractivity contribution in [2.75, 3.05) is 14.2 Å². The van der Waals surface area contributed by atoms with Crippen molar-refractivity contribution >= 4 is 11.5 Å². The number of aromatic nitrogens is 1. The highest BCUT2D eigenvalue weighted by Gasteiger charge is 2.09. The fraction of sp³-hybridized carbons (Fsp3) is 0.267. The zero-order valence-corrected chi connectivity index (χ0v) is 20.7. The first-order valence-electron chi connectivity index (χ1n) is 12.0. The normalized spacial score (nSPS) is 11.6. The van der Waals surface area contributed by atoms with Crippen LogP contribution >= 0.6 is 0 Å². The van der Waals surface area contributed by atoms with Crippen LogP contribution in [0.3, 0.4) is 0 Å². The third kappa shape index (κ3) is 8.14. The van der Waals surface area contributed by atoms with Gasteiger partial charge in [0.2, 0.25) is 5.91 Å². The molecular weight excluding hydrogens is 436 g/mol. The van der Waals surface area contributed by atoms with Crippen LogP contribution < -0.4 is 14.8 Å². The van der Waals surface area contributed by atoms with Crippen molar-refractivity contribution in [2.24, 2.45) is 0 Å². The first-order chi connectivity index (χ1) is 17.1. The van der Waals surface area contributed by atoms with Crippen molar-refractivity contribution in [3.8, 4) is 11.5 Å². The lowest BCUT2D eigenvalue weighted by molar-refractivity contribution is -0.117. The average Bonchev–Trinajstić information content (AvgIpc) is 2.91. The van der Waals surface area contributed by atoms with Crippen LogP contribution in [0.15, 0.2) is 91.3 Å². The van der Waals surface area contributed by atoms with E-state index in [2.05, 4.69) is 23.3 Å². The smallest absolute Gasteiger partial charge is 0.244 e. The molecule has 0 saturated carbocycles. The monoisotopic (exact) mass is 470 g/mol. The average molecular weight is 471 g/mol. The van der Waals surface area contributed by atoms with E-state index in [0.717, 1.165) is 53.9 Å². The van der Waals surface area contributed by atoms with Gasteiger partial charge in [-0.1, -0.05) is 49.4 Å². The minimum absolute atomic E-state index is 0.0849. The van der Waals surface area contributed by atoms with Gasteiger partial charge in [-0.3, -0.25) is 9.78 Å². The molecule has 0 aliphatic rings. The minimum atomic E-state index is -0.0849. The van der Waals surface area contributed by atoms with Gasteiger partial charge < -0.3 is 14.8 Å². The van der Waals surface area contributed by atoms with E-state index in [9.17, 15) is 4.79 Å². The molecule has 182 valence electrons. The number of hydrogen-bond acceptors (Lipinski definition) is 4. The van der Waals surface area contributed by atoms with Gasteiger partial charge in [0.1, 0.15) is 11.5 Å². The van der Waals surface area contributed by atoms with E-state index in [4.69, 9.17) is 9.47 Å². The number of nitrogens with one attached hydrogen (secondary N) is 1. The highest BCUT2D eigenvalue weighted by atomic mass is 16.5. The summed E-state index contributed by atoms with van der Waals surface area (Å²) in [6, 6.07) is 20.0. The Labute approximate surface area is 208 Å². The molecule has 1 N–H and O–H groups in total. The Balaban J connectivity index is 1.66. The van der Waals surface area contributed by atoms with Gasteiger partial charge in [-0.25, -0.2) is 0 Å². The molecule has 0 saturated heterocycles. The van der Waals surface area contributed by atoms with Gasteiger partial charge in [0, 0.05) is 24.5 Å². The summed E-state index contributed by atoms with van der Waals surface area (Å²) in [5.41, 5.74) is 4.29. The molecule has 5 heteroatoms. The zero-order chi connectivity index (χ0) is 24.9. The van der Waals surface area contributed by atoms with E-state index in [1.165, 1.54) is 5.56 Å². The Bertz CT molecular complexity index is 1060. The molecule has 2 aromatic carbocycles. The fourth-order valence-electron chi connectivity index (χ4n) is 3.86. The number of aryl methyl sites for hydroxylation is 1. The molecule has 3 aromatic rings. The van der Waals surface area contributed by atoms with Crippen LogP contribution in [-0.4, -0.2) is 31.2 Å². The SMILES string of the molecule is CC[C@@H](CCCc1cccnc1)NC(=O)C=CC=C(c1ccc(OC)cc1)c1ccc(OC)cc1. The quantitative estimate of drug-likeness (QED) is 0.260. The molecule has 0 radical (unpaired) electrons. The Hall–Kier alpha value is -3.86. The molecule has 1 atom stereocenters. The van der Waals surface area contributed by atoms with Crippen molar-refractivity contribution in [3.05, 3.63) is 108 Å². The summed E-state index contributed by atoms with van der Waals surface area (Å²) in [6.45, 7) is 2.10. The Kier molecular flexibility index (Phi) is 10.1. The van der Waals surface area contributed by atoms with Crippen LogP contribution in [0.2, 0.25) is 0 Å². The number of ether oxygens (including phenoxy) is 2. The second kappa shape index (κ2) is 13.8. The summed E-state index contributed by atoms with van der Waals surface area (Å²) in [5.74, 6) is 1.51. The molecular formula is C30H34N2O3. The van der Waals surface area contributed by atoms with Crippen molar-refractivity contribution in [1.82, 2.24) is 10.3 Å². The lowest BCUT2D eigenvalue weighted by atomic mass is 9.97. The van der Waals surface area contributed by atoms with Gasteiger partial charge in [0.15, 0.2) is 0 Å². The van der Waals surface area contributed by atoms with Crippen molar-refractivity contribution in [1.29, 1.82) is 0 Å². The maximum Gasteiger partial charge on any atom is 0.244 e. The molecule has 0 aliphatic heterocycles. The molecule has 0 aliphatic carbocycles. The Morgan fingerprint density at radius 1 is 0.971 bits per heavy atom.